The first kappa shape index (κ1) is 66.4. The molecule has 1 rings (SSSR count). The van der Waals surface area contributed by atoms with E-state index in [4.69, 9.17) is 9.47 Å². The molecule has 70 heavy (non-hydrogen) atoms. The number of hydrogen-bond donors (Lipinski definition) is 6. The Balaban J connectivity index is 2.08. The van der Waals surface area contributed by atoms with Crippen LogP contribution < -0.4 is 5.32 Å². The van der Waals surface area contributed by atoms with E-state index in [-0.39, 0.29) is 12.5 Å². The molecule has 1 saturated heterocycles. The standard InChI is InChI=1S/C61H115NO8/c1-3-5-7-9-11-13-15-17-18-19-20-21-22-23-24-25-26-27-28-29-30-31-32-33-34-35-36-37-38-39-41-43-45-47-49-51-57(65)62-54(53-69-61-60(68)59(67)58(66)56(52-63)70-61)55(64)50-48-46-44-42-40-16-14-12-10-8-6-4-2/h22-23,25-26,48,50,54-56,58-61,63-64,66-68H,3-21,24,27-47,49,51-53H2,1-2H3,(H,62,65)/b23-22-,26-25-,50-48+. The summed E-state index contributed by atoms with van der Waals surface area (Å²) in [7, 11) is 0. The summed E-state index contributed by atoms with van der Waals surface area (Å²) in [6.45, 7) is 3.79. The zero-order valence-electron chi connectivity index (χ0n) is 45.8. The Labute approximate surface area is 431 Å². The Hall–Kier alpha value is -1.59. The molecular weight excluding hydrogens is 875 g/mol. The molecule has 1 amide bonds. The number of allylic oxidation sites excluding steroid dienone is 5. The summed E-state index contributed by atoms with van der Waals surface area (Å²) in [6.07, 6.45) is 59.5. The maximum absolute atomic E-state index is 13.0. The molecule has 0 aromatic carbocycles. The molecule has 7 unspecified atom stereocenters. The van der Waals surface area contributed by atoms with Crippen LogP contribution in [0.1, 0.15) is 290 Å². The quantitative estimate of drug-likeness (QED) is 0.0261. The minimum absolute atomic E-state index is 0.175. The molecule has 1 fully saturated rings. The molecule has 1 aliphatic rings. The van der Waals surface area contributed by atoms with Gasteiger partial charge >= 0.3 is 0 Å². The molecular formula is C61H115NO8. The van der Waals surface area contributed by atoms with Gasteiger partial charge in [-0.05, 0) is 51.4 Å². The second kappa shape index (κ2) is 50.9. The Morgan fingerprint density at radius 1 is 0.486 bits per heavy atom. The Morgan fingerprint density at radius 3 is 1.23 bits per heavy atom. The number of carbonyl (C=O) groups excluding carboxylic acids is 1. The van der Waals surface area contributed by atoms with Crippen molar-refractivity contribution in [2.24, 2.45) is 0 Å². The van der Waals surface area contributed by atoms with Crippen LogP contribution in [-0.2, 0) is 14.3 Å². The molecule has 1 heterocycles. The lowest BCUT2D eigenvalue weighted by molar-refractivity contribution is -0.302. The zero-order valence-corrected chi connectivity index (χ0v) is 45.8. The van der Waals surface area contributed by atoms with Crippen LogP contribution in [0.5, 0.6) is 0 Å². The predicted octanol–water partition coefficient (Wildman–Crippen LogP) is 15.1. The zero-order chi connectivity index (χ0) is 50.8. The number of nitrogens with one attached hydrogen (secondary N) is 1. The first-order chi connectivity index (χ1) is 34.3. The van der Waals surface area contributed by atoms with Gasteiger partial charge in [0, 0.05) is 6.42 Å². The van der Waals surface area contributed by atoms with Crippen LogP contribution in [0.2, 0.25) is 0 Å². The fraction of sp³-hybridized carbons (Fsp3) is 0.885. The van der Waals surface area contributed by atoms with Crippen molar-refractivity contribution in [2.75, 3.05) is 13.2 Å². The summed E-state index contributed by atoms with van der Waals surface area (Å²) in [6, 6.07) is -0.802. The van der Waals surface area contributed by atoms with E-state index >= 15 is 0 Å². The molecule has 412 valence electrons. The van der Waals surface area contributed by atoms with Crippen LogP contribution in [0.3, 0.4) is 0 Å². The number of aliphatic hydroxyl groups is 5. The molecule has 0 bridgehead atoms. The first-order valence-corrected chi connectivity index (χ1v) is 30.2. The topological polar surface area (TPSA) is 149 Å². The number of rotatable bonds is 52. The Kier molecular flexibility index (Phi) is 48.3. The molecule has 9 nitrogen and oxygen atoms in total. The molecule has 9 heteroatoms. The lowest BCUT2D eigenvalue weighted by atomic mass is 9.99. The van der Waals surface area contributed by atoms with E-state index < -0.39 is 49.5 Å². The van der Waals surface area contributed by atoms with Crippen LogP contribution in [0.25, 0.3) is 0 Å². The van der Waals surface area contributed by atoms with Crippen LogP contribution in [0.4, 0.5) is 0 Å². The summed E-state index contributed by atoms with van der Waals surface area (Å²) in [5.41, 5.74) is 0. The number of carbonyl (C=O) groups is 1. The highest BCUT2D eigenvalue weighted by molar-refractivity contribution is 5.76. The fourth-order valence-corrected chi connectivity index (χ4v) is 9.66. The molecule has 6 N–H and O–H groups in total. The average molecular weight is 991 g/mol. The third-order valence-electron chi connectivity index (χ3n) is 14.5. The van der Waals surface area contributed by atoms with Gasteiger partial charge in [0.05, 0.1) is 25.4 Å². The van der Waals surface area contributed by atoms with Gasteiger partial charge in [0.2, 0.25) is 5.91 Å². The van der Waals surface area contributed by atoms with Crippen molar-refractivity contribution in [1.29, 1.82) is 0 Å². The van der Waals surface area contributed by atoms with Crippen molar-refractivity contribution < 1.29 is 39.8 Å². The van der Waals surface area contributed by atoms with Crippen LogP contribution >= 0.6 is 0 Å². The highest BCUT2D eigenvalue weighted by Crippen LogP contribution is 2.23. The molecule has 0 saturated carbocycles. The minimum Gasteiger partial charge on any atom is -0.394 e. The Morgan fingerprint density at radius 2 is 0.843 bits per heavy atom. The summed E-state index contributed by atoms with van der Waals surface area (Å²) in [5, 5.41) is 54.4. The number of ether oxygens (including phenoxy) is 2. The highest BCUT2D eigenvalue weighted by Gasteiger charge is 2.44. The lowest BCUT2D eigenvalue weighted by Crippen LogP contribution is -2.60. The van der Waals surface area contributed by atoms with Gasteiger partial charge in [0.1, 0.15) is 24.4 Å². The number of hydrogen-bond acceptors (Lipinski definition) is 8. The van der Waals surface area contributed by atoms with Gasteiger partial charge in [0.15, 0.2) is 6.29 Å². The minimum atomic E-state index is -1.56. The normalized spacial score (nSPS) is 19.6. The fourth-order valence-electron chi connectivity index (χ4n) is 9.66. The molecule has 0 aromatic heterocycles. The van der Waals surface area contributed by atoms with E-state index in [2.05, 4.69) is 43.5 Å². The van der Waals surface area contributed by atoms with Crippen LogP contribution in [0, 0.1) is 0 Å². The molecule has 0 aromatic rings. The molecule has 1 aliphatic heterocycles. The monoisotopic (exact) mass is 990 g/mol. The molecule has 7 atom stereocenters. The van der Waals surface area contributed by atoms with Gasteiger partial charge in [-0.25, -0.2) is 0 Å². The molecule has 0 radical (unpaired) electrons. The average Bonchev–Trinajstić information content (AvgIpc) is 3.36. The third-order valence-corrected chi connectivity index (χ3v) is 14.5. The van der Waals surface area contributed by atoms with E-state index in [9.17, 15) is 30.3 Å². The van der Waals surface area contributed by atoms with Crippen molar-refractivity contribution in [2.45, 2.75) is 333 Å². The Bertz CT molecular complexity index is 1190. The van der Waals surface area contributed by atoms with Crippen molar-refractivity contribution in [3.8, 4) is 0 Å². The maximum atomic E-state index is 13.0. The smallest absolute Gasteiger partial charge is 0.220 e. The highest BCUT2D eigenvalue weighted by atomic mass is 16.7. The summed E-state index contributed by atoms with van der Waals surface area (Å²) >= 11 is 0. The number of unbranched alkanes of at least 4 members (excludes halogenated alkanes) is 38. The second-order valence-corrected chi connectivity index (χ2v) is 21.1. The number of amides is 1. The van der Waals surface area contributed by atoms with Gasteiger partial charge in [-0.1, -0.05) is 269 Å². The second-order valence-electron chi connectivity index (χ2n) is 21.1. The maximum Gasteiger partial charge on any atom is 0.220 e. The molecule has 0 spiro atoms. The SMILES string of the molecule is CCCCCCCCCCCC/C=C/C(O)C(COC1OC(CO)C(O)C(O)C1O)NC(=O)CCCCCCCCCCCCCCCCCCC/C=C\C/C=C\CCCCCCCCCCCCC. The van der Waals surface area contributed by atoms with Crippen molar-refractivity contribution in [3.63, 3.8) is 0 Å². The van der Waals surface area contributed by atoms with Gasteiger partial charge in [-0.3, -0.25) is 4.79 Å². The predicted molar refractivity (Wildman–Crippen MR) is 295 cm³/mol. The summed E-state index contributed by atoms with van der Waals surface area (Å²) < 4.78 is 11.2. The van der Waals surface area contributed by atoms with Gasteiger partial charge in [0.25, 0.3) is 0 Å². The van der Waals surface area contributed by atoms with Gasteiger partial charge < -0.3 is 40.3 Å². The van der Waals surface area contributed by atoms with E-state index in [0.29, 0.717) is 6.42 Å². The lowest BCUT2D eigenvalue weighted by Gasteiger charge is -2.40. The van der Waals surface area contributed by atoms with Crippen molar-refractivity contribution in [1.82, 2.24) is 5.32 Å². The van der Waals surface area contributed by atoms with Gasteiger partial charge in [-0.15, -0.1) is 0 Å². The first-order valence-electron chi connectivity index (χ1n) is 30.2. The summed E-state index contributed by atoms with van der Waals surface area (Å²) in [5.74, 6) is -0.175. The molecule has 0 aliphatic carbocycles. The van der Waals surface area contributed by atoms with E-state index in [1.165, 1.54) is 225 Å². The largest absolute Gasteiger partial charge is 0.394 e. The van der Waals surface area contributed by atoms with Crippen molar-refractivity contribution in [3.05, 3.63) is 36.5 Å². The van der Waals surface area contributed by atoms with E-state index in [0.717, 1.165) is 44.9 Å². The van der Waals surface area contributed by atoms with Gasteiger partial charge in [-0.2, -0.15) is 0 Å². The third kappa shape index (κ3) is 39.9. The van der Waals surface area contributed by atoms with Crippen molar-refractivity contribution >= 4 is 5.91 Å². The number of aliphatic hydroxyl groups excluding tert-OH is 5. The van der Waals surface area contributed by atoms with Crippen LogP contribution in [-0.4, -0.2) is 87.5 Å². The van der Waals surface area contributed by atoms with E-state index in [1.54, 1.807) is 6.08 Å². The van der Waals surface area contributed by atoms with Crippen LogP contribution in [0.15, 0.2) is 36.5 Å². The van der Waals surface area contributed by atoms with E-state index in [1.807, 2.05) is 6.08 Å². The summed E-state index contributed by atoms with van der Waals surface area (Å²) in [4.78, 5) is 13.0.